The lowest BCUT2D eigenvalue weighted by Crippen LogP contribution is -2.41. The zero-order valence-electron chi connectivity index (χ0n) is 14.3. The molecule has 0 bridgehead atoms. The van der Waals surface area contributed by atoms with Gasteiger partial charge in [-0.15, -0.1) is 0 Å². The summed E-state index contributed by atoms with van der Waals surface area (Å²) in [6, 6.07) is 7.56. The van der Waals surface area contributed by atoms with Crippen LogP contribution in [0.5, 0.6) is 5.75 Å². The lowest BCUT2D eigenvalue weighted by atomic mass is 9.66. The van der Waals surface area contributed by atoms with Crippen LogP contribution in [0.2, 0.25) is 6.32 Å². The zero-order valence-corrected chi connectivity index (χ0v) is 14.3. The van der Waals surface area contributed by atoms with Crippen LogP contribution in [0.25, 0.3) is 0 Å². The normalized spacial score (nSPS) is 22.2. The molecule has 0 aromatic heterocycles. The van der Waals surface area contributed by atoms with E-state index in [1.807, 2.05) is 58.9 Å². The van der Waals surface area contributed by atoms with Crippen molar-refractivity contribution in [2.24, 2.45) is 0 Å². The van der Waals surface area contributed by atoms with Crippen molar-refractivity contribution in [3.63, 3.8) is 0 Å². The van der Waals surface area contributed by atoms with Crippen LogP contribution >= 0.6 is 0 Å². The van der Waals surface area contributed by atoms with Crippen molar-refractivity contribution in [3.8, 4) is 5.75 Å². The molecular formula is C17H25BO4. The highest BCUT2D eigenvalue weighted by atomic mass is 16.7. The average Bonchev–Trinajstić information content (AvgIpc) is 2.66. The largest absolute Gasteiger partial charge is 0.497 e. The summed E-state index contributed by atoms with van der Waals surface area (Å²) in [5.41, 5.74) is -0.506. The van der Waals surface area contributed by atoms with Gasteiger partial charge in [-0.3, -0.25) is 0 Å². The Bertz CT molecular complexity index is 522. The molecule has 1 unspecified atom stereocenters. The topological polar surface area (TPSA) is 44.8 Å². The molecule has 1 aliphatic heterocycles. The van der Waals surface area contributed by atoms with Crippen molar-refractivity contribution in [2.45, 2.75) is 57.6 Å². The third kappa shape index (κ3) is 3.06. The SMILES string of the molecule is COc1ccc(C(C)(C=O)CB2OC(C)(C)C(C)(C)O2)cc1. The Kier molecular flexibility index (Phi) is 4.42. The fourth-order valence-corrected chi connectivity index (χ4v) is 2.60. The van der Waals surface area contributed by atoms with E-state index in [9.17, 15) is 4.79 Å². The second-order valence-corrected chi connectivity index (χ2v) is 7.15. The third-order valence-corrected chi connectivity index (χ3v) is 4.90. The second-order valence-electron chi connectivity index (χ2n) is 7.15. The molecule has 0 aliphatic carbocycles. The first-order chi connectivity index (χ1) is 10.1. The third-order valence-electron chi connectivity index (χ3n) is 4.90. The van der Waals surface area contributed by atoms with E-state index in [2.05, 4.69) is 0 Å². The maximum absolute atomic E-state index is 11.7. The quantitative estimate of drug-likeness (QED) is 0.619. The molecule has 5 heteroatoms. The summed E-state index contributed by atoms with van der Waals surface area (Å²) in [6.07, 6.45) is 1.45. The molecule has 22 heavy (non-hydrogen) atoms. The Morgan fingerprint density at radius 2 is 1.64 bits per heavy atom. The molecule has 1 heterocycles. The highest BCUT2D eigenvalue weighted by molar-refractivity contribution is 6.46. The summed E-state index contributed by atoms with van der Waals surface area (Å²) in [7, 11) is 1.22. The van der Waals surface area contributed by atoms with Crippen molar-refractivity contribution in [1.82, 2.24) is 0 Å². The predicted octanol–water partition coefficient (Wildman–Crippen LogP) is 3.24. The van der Waals surface area contributed by atoms with Gasteiger partial charge in [-0.25, -0.2) is 0 Å². The van der Waals surface area contributed by atoms with E-state index in [1.54, 1.807) is 7.11 Å². The molecule has 1 aliphatic rings. The number of carbonyl (C=O) groups is 1. The monoisotopic (exact) mass is 304 g/mol. The van der Waals surface area contributed by atoms with Gasteiger partial charge in [0.15, 0.2) is 0 Å². The maximum Gasteiger partial charge on any atom is 0.459 e. The lowest BCUT2D eigenvalue weighted by molar-refractivity contribution is -0.111. The van der Waals surface area contributed by atoms with Gasteiger partial charge in [-0.05, 0) is 58.6 Å². The van der Waals surface area contributed by atoms with Crippen LogP contribution in [-0.4, -0.2) is 31.7 Å². The number of carbonyl (C=O) groups excluding carboxylic acids is 1. The molecule has 4 nitrogen and oxygen atoms in total. The Balaban J connectivity index is 2.19. The number of hydrogen-bond donors (Lipinski definition) is 0. The first kappa shape index (κ1) is 17.0. The highest BCUT2D eigenvalue weighted by Crippen LogP contribution is 2.41. The molecule has 120 valence electrons. The minimum Gasteiger partial charge on any atom is -0.497 e. The van der Waals surface area contributed by atoms with E-state index < -0.39 is 12.5 Å². The first-order valence-electron chi connectivity index (χ1n) is 7.60. The van der Waals surface area contributed by atoms with Gasteiger partial charge in [0, 0.05) is 5.41 Å². The molecule has 1 atom stereocenters. The van der Waals surface area contributed by atoms with Crippen molar-refractivity contribution in [3.05, 3.63) is 29.8 Å². The lowest BCUT2D eigenvalue weighted by Gasteiger charge is -2.32. The molecule has 0 spiro atoms. The van der Waals surface area contributed by atoms with Crippen LogP contribution in [0, 0.1) is 0 Å². The van der Waals surface area contributed by atoms with Gasteiger partial charge < -0.3 is 18.8 Å². The van der Waals surface area contributed by atoms with E-state index in [4.69, 9.17) is 14.0 Å². The molecule has 0 amide bonds. The van der Waals surface area contributed by atoms with Gasteiger partial charge in [0.05, 0.1) is 18.3 Å². The Morgan fingerprint density at radius 1 is 1.14 bits per heavy atom. The molecule has 1 fully saturated rings. The Morgan fingerprint density at radius 3 is 2.05 bits per heavy atom. The Labute approximate surface area is 133 Å². The number of hydrogen-bond acceptors (Lipinski definition) is 4. The molecule has 1 saturated heterocycles. The standard InChI is InChI=1S/C17H25BO4/c1-15(2)16(3,4)22-18(21-15)11-17(5,12-19)13-7-9-14(20-6)10-8-13/h7-10,12H,11H2,1-6H3. The van der Waals surface area contributed by atoms with Crippen LogP contribution < -0.4 is 4.74 Å². The molecule has 1 aromatic carbocycles. The summed E-state index contributed by atoms with van der Waals surface area (Å²) >= 11 is 0. The summed E-state index contributed by atoms with van der Waals surface area (Å²) in [5.74, 6) is 0.771. The summed E-state index contributed by atoms with van der Waals surface area (Å²) in [6.45, 7) is 9.96. The van der Waals surface area contributed by atoms with Gasteiger partial charge in [0.2, 0.25) is 0 Å². The van der Waals surface area contributed by atoms with Gasteiger partial charge in [-0.2, -0.15) is 0 Å². The zero-order chi connectivity index (χ0) is 16.6. The molecule has 0 N–H and O–H groups in total. The summed E-state index contributed by atoms with van der Waals surface area (Å²) in [4.78, 5) is 11.7. The minimum atomic E-state index is -0.659. The number of methoxy groups -OCH3 is 1. The second kappa shape index (κ2) is 5.71. The summed E-state index contributed by atoms with van der Waals surface area (Å²) < 4.78 is 17.2. The maximum atomic E-state index is 11.7. The van der Waals surface area contributed by atoms with E-state index in [1.165, 1.54) is 0 Å². The number of ether oxygens (including phenoxy) is 1. The molecule has 1 aromatic rings. The number of rotatable bonds is 5. The van der Waals surface area contributed by atoms with Crippen LogP contribution in [0.4, 0.5) is 0 Å². The van der Waals surface area contributed by atoms with Crippen LogP contribution in [0.3, 0.4) is 0 Å². The van der Waals surface area contributed by atoms with Gasteiger partial charge in [0.1, 0.15) is 12.0 Å². The van der Waals surface area contributed by atoms with Crippen molar-refractivity contribution in [1.29, 1.82) is 0 Å². The fraction of sp³-hybridized carbons (Fsp3) is 0.588. The number of aldehydes is 1. The average molecular weight is 304 g/mol. The smallest absolute Gasteiger partial charge is 0.459 e. The van der Waals surface area contributed by atoms with Gasteiger partial charge in [0.25, 0.3) is 0 Å². The molecule has 0 saturated carbocycles. The molecular weight excluding hydrogens is 279 g/mol. The first-order valence-corrected chi connectivity index (χ1v) is 7.60. The van der Waals surface area contributed by atoms with E-state index in [0.29, 0.717) is 6.32 Å². The van der Waals surface area contributed by atoms with E-state index in [0.717, 1.165) is 17.6 Å². The highest BCUT2D eigenvalue weighted by Gasteiger charge is 2.52. The molecule has 2 rings (SSSR count). The van der Waals surface area contributed by atoms with E-state index >= 15 is 0 Å². The summed E-state index contributed by atoms with van der Waals surface area (Å²) in [5, 5.41) is 0. The van der Waals surface area contributed by atoms with Gasteiger partial charge >= 0.3 is 7.12 Å². The van der Waals surface area contributed by atoms with Crippen molar-refractivity contribution >= 4 is 13.4 Å². The molecule has 0 radical (unpaired) electrons. The van der Waals surface area contributed by atoms with Gasteiger partial charge in [-0.1, -0.05) is 12.1 Å². The van der Waals surface area contributed by atoms with Crippen molar-refractivity contribution < 1.29 is 18.8 Å². The minimum absolute atomic E-state index is 0.388. The van der Waals surface area contributed by atoms with Crippen LogP contribution in [0.1, 0.15) is 40.2 Å². The Hall–Kier alpha value is -1.33. The van der Waals surface area contributed by atoms with Crippen molar-refractivity contribution in [2.75, 3.05) is 7.11 Å². The van der Waals surface area contributed by atoms with Crippen LogP contribution in [0.15, 0.2) is 24.3 Å². The van der Waals surface area contributed by atoms with Crippen LogP contribution in [-0.2, 0) is 19.5 Å². The predicted molar refractivity (Wildman–Crippen MR) is 87.3 cm³/mol. The number of benzene rings is 1. The van der Waals surface area contributed by atoms with E-state index in [-0.39, 0.29) is 11.2 Å². The fourth-order valence-electron chi connectivity index (χ4n) is 2.60.